The van der Waals surface area contributed by atoms with Gasteiger partial charge in [-0.25, -0.2) is 15.0 Å². The lowest BCUT2D eigenvalue weighted by molar-refractivity contribution is 0.669. The molecule has 2 aromatic heterocycles. The van der Waals surface area contributed by atoms with Crippen LogP contribution >= 0.6 is 0 Å². The average molecular weight is 693 g/mol. The van der Waals surface area contributed by atoms with Gasteiger partial charge in [0.1, 0.15) is 11.2 Å². The Labute approximate surface area is 312 Å². The second-order valence-corrected chi connectivity index (χ2v) is 13.3. The predicted octanol–water partition coefficient (Wildman–Crippen LogP) is 13.1. The van der Waals surface area contributed by atoms with Gasteiger partial charge in [0.15, 0.2) is 17.5 Å². The summed E-state index contributed by atoms with van der Waals surface area (Å²) < 4.78 is 6.58. The molecule has 0 bridgehead atoms. The molecule has 8 aromatic carbocycles. The fourth-order valence-electron chi connectivity index (χ4n) is 7.20. The summed E-state index contributed by atoms with van der Waals surface area (Å²) in [7, 11) is 0. The third kappa shape index (κ3) is 5.84. The van der Waals surface area contributed by atoms with E-state index in [-0.39, 0.29) is 0 Å². The van der Waals surface area contributed by atoms with Crippen LogP contribution in [0.2, 0.25) is 0 Å². The summed E-state index contributed by atoms with van der Waals surface area (Å²) in [6.07, 6.45) is 0. The Morgan fingerprint density at radius 3 is 1.46 bits per heavy atom. The first-order valence-corrected chi connectivity index (χ1v) is 18.0. The molecule has 0 aliphatic heterocycles. The number of rotatable bonds is 7. The number of para-hydroxylation sites is 1. The zero-order valence-electron chi connectivity index (χ0n) is 29.2. The number of aromatic nitrogens is 3. The average Bonchev–Trinajstić information content (AvgIpc) is 3.62. The monoisotopic (exact) mass is 692 g/mol. The van der Waals surface area contributed by atoms with Crippen LogP contribution in [-0.4, -0.2) is 15.0 Å². The summed E-state index contributed by atoms with van der Waals surface area (Å²) >= 11 is 0. The summed E-state index contributed by atoms with van der Waals surface area (Å²) in [4.78, 5) is 17.0. The molecular formula is C49H32N4O. The molecule has 10 rings (SSSR count). The van der Waals surface area contributed by atoms with Crippen LogP contribution < -0.4 is 4.90 Å². The maximum atomic E-state index is 6.58. The van der Waals surface area contributed by atoms with E-state index in [4.69, 9.17) is 19.4 Å². The van der Waals surface area contributed by atoms with E-state index in [1.807, 2.05) is 66.7 Å². The molecule has 0 amide bonds. The lowest BCUT2D eigenvalue weighted by atomic mass is 10.0. The van der Waals surface area contributed by atoms with Crippen LogP contribution in [0.15, 0.2) is 199 Å². The first-order chi connectivity index (χ1) is 26.7. The minimum Gasteiger partial charge on any atom is -0.456 e. The van der Waals surface area contributed by atoms with Crippen molar-refractivity contribution in [2.45, 2.75) is 0 Å². The molecule has 2 heterocycles. The molecule has 54 heavy (non-hydrogen) atoms. The van der Waals surface area contributed by atoms with Gasteiger partial charge in [-0.3, -0.25) is 0 Å². The van der Waals surface area contributed by atoms with E-state index in [2.05, 4.69) is 132 Å². The van der Waals surface area contributed by atoms with Crippen molar-refractivity contribution in [3.63, 3.8) is 0 Å². The highest BCUT2D eigenvalue weighted by Gasteiger charge is 2.17. The smallest absolute Gasteiger partial charge is 0.164 e. The van der Waals surface area contributed by atoms with E-state index < -0.39 is 0 Å². The third-order valence-corrected chi connectivity index (χ3v) is 9.87. The van der Waals surface area contributed by atoms with Gasteiger partial charge in [-0.2, -0.15) is 0 Å². The van der Waals surface area contributed by atoms with Crippen LogP contribution in [0.1, 0.15) is 0 Å². The van der Waals surface area contributed by atoms with Gasteiger partial charge in [-0.15, -0.1) is 0 Å². The van der Waals surface area contributed by atoms with Crippen molar-refractivity contribution in [1.29, 1.82) is 0 Å². The van der Waals surface area contributed by atoms with Gasteiger partial charge in [0.05, 0.1) is 0 Å². The second kappa shape index (κ2) is 13.3. The summed E-state index contributed by atoms with van der Waals surface area (Å²) in [6, 6.07) is 67.1. The van der Waals surface area contributed by atoms with Gasteiger partial charge in [0.25, 0.3) is 0 Å². The maximum absolute atomic E-state index is 6.58. The van der Waals surface area contributed by atoms with Crippen LogP contribution in [0.3, 0.4) is 0 Å². The third-order valence-electron chi connectivity index (χ3n) is 9.87. The Morgan fingerprint density at radius 1 is 0.315 bits per heavy atom. The zero-order chi connectivity index (χ0) is 35.8. The standard InChI is InChI=1S/C49H32N4O/c1-4-14-34(15-5-1)47-50-48(35-16-6-2-7-17-35)52-49(51-47)39-25-28-44-43-27-24-38(31-45(43)54-46(44)32-39)37-19-12-22-41(30-37)53(40-20-8-3-9-21-40)42-26-23-33-13-10-11-18-36(33)29-42/h1-32H. The number of hydrogen-bond acceptors (Lipinski definition) is 5. The Hall–Kier alpha value is -7.37. The molecule has 0 saturated heterocycles. The minimum atomic E-state index is 0.594. The fourth-order valence-corrected chi connectivity index (χ4v) is 7.20. The Kier molecular flexibility index (Phi) is 7.73. The number of hydrogen-bond donors (Lipinski definition) is 0. The Morgan fingerprint density at radius 2 is 0.796 bits per heavy atom. The quantitative estimate of drug-likeness (QED) is 0.166. The number of fused-ring (bicyclic) bond motifs is 4. The molecule has 0 aliphatic carbocycles. The largest absolute Gasteiger partial charge is 0.456 e. The molecule has 0 unspecified atom stereocenters. The predicted molar refractivity (Wildman–Crippen MR) is 221 cm³/mol. The summed E-state index contributed by atoms with van der Waals surface area (Å²) in [5.41, 5.74) is 9.79. The van der Waals surface area contributed by atoms with Crippen LogP contribution in [0.25, 0.3) is 78.0 Å². The molecule has 0 aliphatic rings. The van der Waals surface area contributed by atoms with Gasteiger partial charge in [0.2, 0.25) is 0 Å². The lowest BCUT2D eigenvalue weighted by Crippen LogP contribution is -2.09. The molecule has 0 atom stereocenters. The van der Waals surface area contributed by atoms with Crippen molar-refractivity contribution in [3.8, 4) is 45.3 Å². The topological polar surface area (TPSA) is 55.1 Å². The molecule has 254 valence electrons. The zero-order valence-corrected chi connectivity index (χ0v) is 29.2. The van der Waals surface area contributed by atoms with Crippen molar-refractivity contribution >= 4 is 49.8 Å². The van der Waals surface area contributed by atoms with Gasteiger partial charge >= 0.3 is 0 Å². The molecule has 0 spiro atoms. The maximum Gasteiger partial charge on any atom is 0.164 e. The van der Waals surface area contributed by atoms with Gasteiger partial charge in [-0.05, 0) is 82.6 Å². The number of furan rings is 1. The highest BCUT2D eigenvalue weighted by Crippen LogP contribution is 2.39. The van der Waals surface area contributed by atoms with Crippen molar-refractivity contribution in [2.75, 3.05) is 4.90 Å². The van der Waals surface area contributed by atoms with Crippen molar-refractivity contribution < 1.29 is 4.42 Å². The van der Waals surface area contributed by atoms with Gasteiger partial charge in [0, 0.05) is 44.5 Å². The Bertz CT molecular complexity index is 2880. The number of anilines is 3. The highest BCUT2D eigenvalue weighted by molar-refractivity contribution is 6.07. The van der Waals surface area contributed by atoms with E-state index in [1.54, 1.807) is 0 Å². The molecule has 0 fully saturated rings. The molecule has 5 nitrogen and oxygen atoms in total. The number of benzene rings is 8. The van der Waals surface area contributed by atoms with Crippen LogP contribution in [0.4, 0.5) is 17.1 Å². The molecule has 0 N–H and O–H groups in total. The molecule has 0 saturated carbocycles. The lowest BCUT2D eigenvalue weighted by Gasteiger charge is -2.26. The van der Waals surface area contributed by atoms with Crippen LogP contribution in [-0.2, 0) is 0 Å². The second-order valence-electron chi connectivity index (χ2n) is 13.3. The van der Waals surface area contributed by atoms with E-state index in [0.29, 0.717) is 17.5 Å². The van der Waals surface area contributed by atoms with E-state index >= 15 is 0 Å². The first-order valence-electron chi connectivity index (χ1n) is 18.0. The summed E-state index contributed by atoms with van der Waals surface area (Å²) in [5, 5.41) is 4.52. The summed E-state index contributed by atoms with van der Waals surface area (Å²) in [5.74, 6) is 1.85. The van der Waals surface area contributed by atoms with E-state index in [9.17, 15) is 0 Å². The number of nitrogens with zero attached hydrogens (tertiary/aromatic N) is 4. The molecular weight excluding hydrogens is 661 g/mol. The fraction of sp³-hybridized carbons (Fsp3) is 0. The SMILES string of the molecule is c1ccc(-c2nc(-c3ccccc3)nc(-c3ccc4c(c3)oc3cc(-c5cccc(N(c6ccccc6)c6ccc7ccccc7c6)c5)ccc34)n2)cc1. The van der Waals surface area contributed by atoms with Gasteiger partial charge in [-0.1, -0.05) is 133 Å². The van der Waals surface area contributed by atoms with Crippen molar-refractivity contribution in [3.05, 3.63) is 194 Å². The van der Waals surface area contributed by atoms with Crippen LogP contribution in [0, 0.1) is 0 Å². The first kappa shape index (κ1) is 31.4. The van der Waals surface area contributed by atoms with Crippen molar-refractivity contribution in [1.82, 2.24) is 15.0 Å². The van der Waals surface area contributed by atoms with E-state index in [1.165, 1.54) is 10.8 Å². The molecule has 10 aromatic rings. The molecule has 0 radical (unpaired) electrons. The molecule has 5 heteroatoms. The Balaban J connectivity index is 1.04. The van der Waals surface area contributed by atoms with Crippen LogP contribution in [0.5, 0.6) is 0 Å². The van der Waals surface area contributed by atoms with Crippen molar-refractivity contribution in [2.24, 2.45) is 0 Å². The van der Waals surface area contributed by atoms with Gasteiger partial charge < -0.3 is 9.32 Å². The normalized spacial score (nSPS) is 11.3. The van der Waals surface area contributed by atoms with E-state index in [0.717, 1.165) is 66.8 Å². The minimum absolute atomic E-state index is 0.594. The summed E-state index contributed by atoms with van der Waals surface area (Å²) in [6.45, 7) is 0. The highest BCUT2D eigenvalue weighted by atomic mass is 16.3.